The van der Waals surface area contributed by atoms with Crippen molar-refractivity contribution in [3.8, 4) is 5.69 Å². The van der Waals surface area contributed by atoms with Crippen molar-refractivity contribution in [2.45, 2.75) is 58.7 Å². The van der Waals surface area contributed by atoms with Gasteiger partial charge in [0.05, 0.1) is 6.20 Å². The van der Waals surface area contributed by atoms with E-state index in [-0.39, 0.29) is 11.7 Å². The summed E-state index contributed by atoms with van der Waals surface area (Å²) in [5, 5.41) is 0. The molecule has 2 aliphatic rings. The number of aryl methyl sites for hydroxylation is 1. The molecule has 0 spiro atoms. The van der Waals surface area contributed by atoms with Crippen molar-refractivity contribution < 1.29 is 10.1 Å². The molecule has 2 aromatic rings. The maximum Gasteiger partial charge on any atom is 0.263 e. The Morgan fingerprint density at radius 3 is 2.70 bits per heavy atom. The molecular formula is C21H27N2+. The number of fused-ring (bicyclic) bond motifs is 1. The lowest BCUT2D eigenvalue weighted by Gasteiger charge is -2.25. The van der Waals surface area contributed by atoms with Crippen molar-refractivity contribution in [2.75, 3.05) is 0 Å². The number of imidazole rings is 1. The Balaban J connectivity index is 1.97. The van der Waals surface area contributed by atoms with E-state index in [0.717, 1.165) is 48.3 Å². The lowest BCUT2D eigenvalue weighted by Crippen LogP contribution is -2.36. The third kappa shape index (κ3) is 2.27. The maximum absolute atomic E-state index is 9.32. The summed E-state index contributed by atoms with van der Waals surface area (Å²) in [7, 11) is 0. The number of para-hydroxylation sites is 1. The summed E-state index contributed by atoms with van der Waals surface area (Å²) >= 11 is 0. The maximum atomic E-state index is 9.32. The van der Waals surface area contributed by atoms with Crippen LogP contribution >= 0.6 is 0 Å². The quantitative estimate of drug-likeness (QED) is 0.702. The summed E-state index contributed by atoms with van der Waals surface area (Å²) in [4.78, 5) is 0. The second-order valence-corrected chi connectivity index (χ2v) is 6.86. The first-order chi connectivity index (χ1) is 12.7. The van der Waals surface area contributed by atoms with Gasteiger partial charge < -0.3 is 0 Å². The van der Waals surface area contributed by atoms with Crippen LogP contribution in [0.3, 0.4) is 0 Å². The van der Waals surface area contributed by atoms with Crippen LogP contribution in [0.5, 0.6) is 0 Å². The van der Waals surface area contributed by atoms with Gasteiger partial charge in [-0.05, 0) is 43.4 Å². The molecule has 0 radical (unpaired) electrons. The summed E-state index contributed by atoms with van der Waals surface area (Å²) in [6.07, 6.45) is 9.35. The van der Waals surface area contributed by atoms with E-state index in [9.17, 15) is 1.37 Å². The highest BCUT2D eigenvalue weighted by molar-refractivity contribution is 5.44. The molecular weight excluding hydrogens is 280 g/mol. The van der Waals surface area contributed by atoms with E-state index in [1.807, 2.05) is 55.0 Å². The number of hydrogen-bond donors (Lipinski definition) is 0. The summed E-state index contributed by atoms with van der Waals surface area (Å²) in [5.74, 6) is -0.337. The van der Waals surface area contributed by atoms with Crippen LogP contribution in [0.1, 0.15) is 66.3 Å². The zero-order valence-corrected chi connectivity index (χ0v) is 14.0. The Kier molecular flexibility index (Phi) is 2.67. The molecule has 0 amide bonds. The fraction of sp³-hybridized carbons (Fsp3) is 0.476. The van der Waals surface area contributed by atoms with Crippen LogP contribution in [0.25, 0.3) is 11.9 Å². The highest BCUT2D eigenvalue weighted by Gasteiger charge is 2.38. The highest BCUT2D eigenvalue weighted by Crippen LogP contribution is 2.41. The van der Waals surface area contributed by atoms with E-state index in [4.69, 9.17) is 4.11 Å². The molecule has 2 nitrogen and oxygen atoms in total. The van der Waals surface area contributed by atoms with Crippen LogP contribution in [0.15, 0.2) is 30.3 Å². The van der Waals surface area contributed by atoms with Gasteiger partial charge >= 0.3 is 0 Å². The first-order valence-corrected chi connectivity index (χ1v) is 8.68. The standard InChI is InChI=1S/C21H27N2/c1-15-9-7-8-12-20(15)23-16(2)21-19(13-14-22(21)17(23)3)18-10-5-4-6-11-18/h7-9,12-14,18-19H,4-6,10-11H2,1-3H3/q+1/i3D3,19D. The molecule has 120 valence electrons. The zero-order chi connectivity index (χ0) is 19.4. The lowest BCUT2D eigenvalue weighted by atomic mass is 9.79. The van der Waals surface area contributed by atoms with Gasteiger partial charge in [-0.2, -0.15) is 4.57 Å². The molecule has 1 aliphatic heterocycles. The number of aromatic nitrogens is 2. The largest absolute Gasteiger partial charge is 0.263 e. The Hall–Kier alpha value is -1.83. The van der Waals surface area contributed by atoms with Crippen LogP contribution < -0.4 is 4.57 Å². The van der Waals surface area contributed by atoms with E-state index in [2.05, 4.69) is 0 Å². The second-order valence-electron chi connectivity index (χ2n) is 6.86. The minimum Gasteiger partial charge on any atom is -0.203 e. The minimum absolute atomic E-state index is 0.243. The van der Waals surface area contributed by atoms with Crippen LogP contribution in [0.2, 0.25) is 0 Å². The fourth-order valence-corrected chi connectivity index (χ4v) is 4.23. The molecule has 0 N–H and O–H groups in total. The molecule has 1 unspecified atom stereocenters. The predicted molar refractivity (Wildman–Crippen MR) is 94.8 cm³/mol. The molecule has 1 atom stereocenters. The number of benzene rings is 1. The third-order valence-electron chi connectivity index (χ3n) is 5.44. The molecule has 1 saturated carbocycles. The van der Waals surface area contributed by atoms with Gasteiger partial charge in [-0.25, -0.2) is 4.57 Å². The molecule has 1 aromatic heterocycles. The first-order valence-electron chi connectivity index (χ1n) is 10.7. The predicted octanol–water partition coefficient (Wildman–Crippen LogP) is 4.84. The topological polar surface area (TPSA) is 8.81 Å². The Bertz CT molecular complexity index is 904. The van der Waals surface area contributed by atoms with Gasteiger partial charge in [-0.3, -0.25) is 0 Å². The molecule has 4 rings (SSSR count). The minimum atomic E-state index is -2.27. The molecule has 2 heteroatoms. The van der Waals surface area contributed by atoms with E-state index in [1.165, 1.54) is 6.42 Å². The van der Waals surface area contributed by atoms with Crippen LogP contribution in [-0.2, 0) is 0 Å². The first kappa shape index (κ1) is 10.9. The average Bonchev–Trinajstić information content (AvgIpc) is 3.13. The molecule has 0 bridgehead atoms. The van der Waals surface area contributed by atoms with E-state index < -0.39 is 12.7 Å². The van der Waals surface area contributed by atoms with Crippen LogP contribution in [0, 0.1) is 26.6 Å². The molecule has 0 saturated heterocycles. The Morgan fingerprint density at radius 1 is 1.17 bits per heavy atom. The Labute approximate surface area is 145 Å². The number of allylic oxidation sites excluding steroid dienone is 1. The van der Waals surface area contributed by atoms with Crippen molar-refractivity contribution in [1.82, 2.24) is 4.57 Å². The fourth-order valence-electron chi connectivity index (χ4n) is 4.23. The molecule has 2 heterocycles. The third-order valence-corrected chi connectivity index (χ3v) is 5.44. The SMILES string of the molecule is [2H]C([2H])([2H])c1n2c(c(C)[n+]1-c1ccccc1C)C([2H])(C1CCCCC1)C=C2. The van der Waals surface area contributed by atoms with E-state index in [0.29, 0.717) is 0 Å². The van der Waals surface area contributed by atoms with E-state index >= 15 is 0 Å². The zero-order valence-electron chi connectivity index (χ0n) is 18.0. The van der Waals surface area contributed by atoms with Crippen molar-refractivity contribution >= 4 is 6.20 Å². The number of hydrogen-bond acceptors (Lipinski definition) is 0. The van der Waals surface area contributed by atoms with Gasteiger partial charge in [0.25, 0.3) is 5.82 Å². The summed E-state index contributed by atoms with van der Waals surface area (Å²) in [6, 6.07) is 7.86. The lowest BCUT2D eigenvalue weighted by molar-refractivity contribution is -0.609. The van der Waals surface area contributed by atoms with Gasteiger partial charge in [0.1, 0.15) is 11.4 Å². The van der Waals surface area contributed by atoms with Gasteiger partial charge in [-0.15, -0.1) is 0 Å². The van der Waals surface area contributed by atoms with Crippen LogP contribution in [0.4, 0.5) is 0 Å². The molecule has 1 fully saturated rings. The number of rotatable bonds is 2. The number of nitrogens with zero attached hydrogens (tertiary/aromatic N) is 2. The highest BCUT2D eigenvalue weighted by atomic mass is 15.2. The molecule has 23 heavy (non-hydrogen) atoms. The monoisotopic (exact) mass is 311 g/mol. The van der Waals surface area contributed by atoms with E-state index in [1.54, 1.807) is 4.57 Å². The van der Waals surface area contributed by atoms with Crippen LogP contribution in [-0.4, -0.2) is 4.57 Å². The van der Waals surface area contributed by atoms with Gasteiger partial charge in [-0.1, -0.05) is 37.5 Å². The molecule has 1 aromatic carbocycles. The summed E-state index contributed by atoms with van der Waals surface area (Å²) < 4.78 is 37.5. The van der Waals surface area contributed by atoms with Crippen molar-refractivity contribution in [1.29, 1.82) is 0 Å². The van der Waals surface area contributed by atoms with Crippen molar-refractivity contribution in [3.05, 3.63) is 53.1 Å². The van der Waals surface area contributed by atoms with Crippen molar-refractivity contribution in [3.63, 3.8) is 0 Å². The second kappa shape index (κ2) is 5.67. The van der Waals surface area contributed by atoms with Gasteiger partial charge in [0.2, 0.25) is 0 Å². The molecule has 1 aliphatic carbocycles. The average molecular weight is 311 g/mol. The Morgan fingerprint density at radius 2 is 1.96 bits per heavy atom. The van der Waals surface area contributed by atoms with Gasteiger partial charge in [0, 0.05) is 25.2 Å². The smallest absolute Gasteiger partial charge is 0.203 e. The van der Waals surface area contributed by atoms with Gasteiger partial charge in [0.15, 0.2) is 5.69 Å². The summed E-state index contributed by atoms with van der Waals surface area (Å²) in [6.45, 7) is 1.69. The normalized spacial score (nSPS) is 27.2. The van der Waals surface area contributed by atoms with Crippen molar-refractivity contribution in [2.24, 2.45) is 5.92 Å². The summed E-state index contributed by atoms with van der Waals surface area (Å²) in [5.41, 5.74) is 3.59.